The van der Waals surface area contributed by atoms with Gasteiger partial charge in [-0.3, -0.25) is 9.59 Å². The van der Waals surface area contributed by atoms with Gasteiger partial charge in [-0.2, -0.15) is 0 Å². The standard InChI is InChI=1S/C17H17NO3.CHCl3/c1-2-11-13-9-14(19)21-16(13)15-12-6-4-3-5-10(12)7-8-18(15)17(11)20;2-1(3)4/h3-8,11,13,15-16H,2,9H2,1H3;1H/t11-,13+,15+,16+;/m0./s1. The predicted molar refractivity (Wildman–Crippen MR) is 98.2 cm³/mol. The lowest BCUT2D eigenvalue weighted by molar-refractivity contribution is -0.155. The molecule has 2 saturated heterocycles. The maximum Gasteiger partial charge on any atom is 0.306 e. The highest BCUT2D eigenvalue weighted by Gasteiger charge is 2.54. The first-order valence-corrected chi connectivity index (χ1v) is 9.46. The van der Waals surface area contributed by atoms with Crippen molar-refractivity contribution in [1.29, 1.82) is 0 Å². The molecule has 2 fully saturated rings. The van der Waals surface area contributed by atoms with Crippen LogP contribution in [0.2, 0.25) is 0 Å². The number of piperidine rings is 1. The maximum atomic E-state index is 12.8. The van der Waals surface area contributed by atoms with E-state index in [9.17, 15) is 9.59 Å². The SMILES string of the molecule is CC[C@@H]1C(=O)N2C=Cc3ccccc3[C@@H]2[C@@H]2OC(=O)C[C@@H]21.ClC(Cl)Cl. The normalized spacial score (nSPS) is 29.4. The summed E-state index contributed by atoms with van der Waals surface area (Å²) in [5.74, 6) is -0.165. The van der Waals surface area contributed by atoms with Gasteiger partial charge in [-0.25, -0.2) is 0 Å². The average Bonchev–Trinajstić information content (AvgIpc) is 2.95. The number of alkyl halides is 3. The van der Waals surface area contributed by atoms with Crippen LogP contribution in [0, 0.1) is 11.8 Å². The zero-order valence-electron chi connectivity index (χ0n) is 13.6. The molecule has 134 valence electrons. The van der Waals surface area contributed by atoms with Crippen molar-refractivity contribution < 1.29 is 14.3 Å². The monoisotopic (exact) mass is 401 g/mol. The number of esters is 1. The summed E-state index contributed by atoms with van der Waals surface area (Å²) in [5, 5.41) is 0. The highest BCUT2D eigenvalue weighted by atomic mass is 35.6. The van der Waals surface area contributed by atoms with Gasteiger partial charge in [0.2, 0.25) is 5.91 Å². The summed E-state index contributed by atoms with van der Waals surface area (Å²) in [6, 6.07) is 7.84. The second kappa shape index (κ2) is 7.56. The molecule has 0 unspecified atom stereocenters. The number of rotatable bonds is 1. The Hall–Kier alpha value is -1.23. The van der Waals surface area contributed by atoms with Crippen LogP contribution in [-0.2, 0) is 14.3 Å². The third-order valence-corrected chi connectivity index (χ3v) is 4.96. The van der Waals surface area contributed by atoms with E-state index in [1.807, 2.05) is 43.5 Å². The zero-order valence-corrected chi connectivity index (χ0v) is 15.8. The van der Waals surface area contributed by atoms with Gasteiger partial charge in [-0.1, -0.05) is 66.0 Å². The van der Waals surface area contributed by atoms with Gasteiger partial charge in [-0.05, 0) is 23.6 Å². The summed E-state index contributed by atoms with van der Waals surface area (Å²) in [6.45, 7) is 2.00. The number of halogens is 3. The number of hydrogen-bond acceptors (Lipinski definition) is 3. The molecule has 0 aromatic heterocycles. The van der Waals surface area contributed by atoms with E-state index in [0.717, 1.165) is 17.5 Å². The average molecular weight is 403 g/mol. The van der Waals surface area contributed by atoms with E-state index in [1.165, 1.54) is 0 Å². The van der Waals surface area contributed by atoms with Crippen molar-refractivity contribution in [3.8, 4) is 0 Å². The Labute approximate surface area is 161 Å². The molecule has 3 heterocycles. The van der Waals surface area contributed by atoms with Crippen LogP contribution in [-0.4, -0.2) is 27.2 Å². The fourth-order valence-corrected chi connectivity index (χ4v) is 4.00. The molecule has 0 radical (unpaired) electrons. The first-order chi connectivity index (χ1) is 11.9. The third-order valence-electron chi connectivity index (χ3n) is 4.96. The van der Waals surface area contributed by atoms with Crippen LogP contribution < -0.4 is 0 Å². The van der Waals surface area contributed by atoms with Crippen LogP contribution in [0.4, 0.5) is 0 Å². The van der Waals surface area contributed by atoms with E-state index >= 15 is 0 Å². The zero-order chi connectivity index (χ0) is 18.1. The molecule has 0 aliphatic carbocycles. The molecule has 4 nitrogen and oxygen atoms in total. The van der Waals surface area contributed by atoms with Crippen molar-refractivity contribution in [3.63, 3.8) is 0 Å². The molecule has 25 heavy (non-hydrogen) atoms. The second-order valence-electron chi connectivity index (χ2n) is 6.22. The Morgan fingerprint density at radius 2 is 1.92 bits per heavy atom. The predicted octanol–water partition coefficient (Wildman–Crippen LogP) is 4.50. The Balaban J connectivity index is 0.000000415. The highest BCUT2D eigenvalue weighted by molar-refractivity contribution is 6.63. The number of ether oxygens (including phenoxy) is 1. The number of fused-ring (bicyclic) bond motifs is 5. The van der Waals surface area contributed by atoms with Gasteiger partial charge in [0.1, 0.15) is 6.10 Å². The molecule has 0 bridgehead atoms. The molecule has 4 atom stereocenters. The van der Waals surface area contributed by atoms with Gasteiger partial charge < -0.3 is 9.64 Å². The van der Waals surface area contributed by atoms with Crippen LogP contribution in [0.1, 0.15) is 36.9 Å². The quantitative estimate of drug-likeness (QED) is 0.513. The van der Waals surface area contributed by atoms with Crippen molar-refractivity contribution in [2.75, 3.05) is 0 Å². The molecule has 1 amide bonds. The van der Waals surface area contributed by atoms with E-state index in [1.54, 1.807) is 4.90 Å². The van der Waals surface area contributed by atoms with Crippen LogP contribution in [0.25, 0.3) is 6.08 Å². The third kappa shape index (κ3) is 3.53. The Morgan fingerprint density at radius 1 is 1.24 bits per heavy atom. The molecule has 0 saturated carbocycles. The topological polar surface area (TPSA) is 46.6 Å². The largest absolute Gasteiger partial charge is 0.459 e. The minimum absolute atomic E-state index is 0.0100. The number of carbonyl (C=O) groups excluding carboxylic acids is 2. The summed E-state index contributed by atoms with van der Waals surface area (Å²) in [4.78, 5) is 26.3. The van der Waals surface area contributed by atoms with Crippen LogP contribution >= 0.6 is 34.8 Å². The van der Waals surface area contributed by atoms with Gasteiger partial charge in [0, 0.05) is 18.0 Å². The van der Waals surface area contributed by atoms with E-state index in [4.69, 9.17) is 39.5 Å². The molecule has 1 aromatic rings. The lowest BCUT2D eigenvalue weighted by atomic mass is 9.74. The molecular formula is C18H18Cl3NO3. The summed E-state index contributed by atoms with van der Waals surface area (Å²) in [5.41, 5.74) is 2.18. The molecule has 7 heteroatoms. The number of benzene rings is 1. The fourth-order valence-electron chi connectivity index (χ4n) is 4.00. The van der Waals surface area contributed by atoms with E-state index in [2.05, 4.69) is 0 Å². The molecular weight excluding hydrogens is 385 g/mol. The van der Waals surface area contributed by atoms with Gasteiger partial charge in [-0.15, -0.1) is 0 Å². The number of hydrogen-bond donors (Lipinski definition) is 0. The van der Waals surface area contributed by atoms with Gasteiger partial charge in [0.15, 0.2) is 4.30 Å². The number of nitrogens with zero attached hydrogens (tertiary/aromatic N) is 1. The fraction of sp³-hybridized carbons (Fsp3) is 0.444. The molecule has 1 aromatic carbocycles. The second-order valence-corrected chi connectivity index (χ2v) is 8.20. The number of amides is 1. The smallest absolute Gasteiger partial charge is 0.306 e. The van der Waals surface area contributed by atoms with Crippen molar-refractivity contribution in [2.45, 2.75) is 36.2 Å². The molecule has 0 N–H and O–H groups in total. The van der Waals surface area contributed by atoms with Crippen LogP contribution in [0.3, 0.4) is 0 Å². The van der Waals surface area contributed by atoms with E-state index in [0.29, 0.717) is 6.42 Å². The van der Waals surface area contributed by atoms with Crippen molar-refractivity contribution in [1.82, 2.24) is 4.90 Å². The van der Waals surface area contributed by atoms with Gasteiger partial charge in [0.25, 0.3) is 0 Å². The van der Waals surface area contributed by atoms with Gasteiger partial charge >= 0.3 is 5.97 Å². The highest BCUT2D eigenvalue weighted by Crippen LogP contribution is 2.48. The Kier molecular flexibility index (Phi) is 5.62. The minimum atomic E-state index is -0.750. The Bertz CT molecular complexity index is 704. The molecule has 4 rings (SSSR count). The molecule has 3 aliphatic heterocycles. The number of carbonyl (C=O) groups is 2. The molecule has 3 aliphatic rings. The van der Waals surface area contributed by atoms with Crippen LogP contribution in [0.15, 0.2) is 30.5 Å². The minimum Gasteiger partial charge on any atom is -0.459 e. The molecule has 0 spiro atoms. The maximum absolute atomic E-state index is 12.8. The van der Waals surface area contributed by atoms with Crippen molar-refractivity contribution in [3.05, 3.63) is 41.6 Å². The summed E-state index contributed by atoms with van der Waals surface area (Å²) >= 11 is 14.4. The first kappa shape index (κ1) is 18.6. The van der Waals surface area contributed by atoms with Gasteiger partial charge in [0.05, 0.1) is 12.5 Å². The lowest BCUT2D eigenvalue weighted by Crippen LogP contribution is -2.52. The Morgan fingerprint density at radius 3 is 2.60 bits per heavy atom. The lowest BCUT2D eigenvalue weighted by Gasteiger charge is -2.45. The summed E-state index contributed by atoms with van der Waals surface area (Å²) in [7, 11) is 0. The first-order valence-electron chi connectivity index (χ1n) is 8.15. The summed E-state index contributed by atoms with van der Waals surface area (Å²) in [6.07, 6.45) is 4.71. The van der Waals surface area contributed by atoms with E-state index in [-0.39, 0.29) is 35.9 Å². The summed E-state index contributed by atoms with van der Waals surface area (Å²) < 4.78 is 4.86. The van der Waals surface area contributed by atoms with Crippen LogP contribution in [0.5, 0.6) is 0 Å². The van der Waals surface area contributed by atoms with Crippen molar-refractivity contribution >= 4 is 52.8 Å². The van der Waals surface area contributed by atoms with E-state index < -0.39 is 4.30 Å². The van der Waals surface area contributed by atoms with Crippen molar-refractivity contribution in [2.24, 2.45) is 11.8 Å².